The molecule has 0 aliphatic rings. The third-order valence-electron chi connectivity index (χ3n) is 2.31. The average molecular weight is 276 g/mol. The van der Waals surface area contributed by atoms with E-state index in [0.29, 0.717) is 16.5 Å². The largest absolute Gasteiger partial charge is 0.481 e. The Morgan fingerprint density at radius 1 is 1.24 bits per heavy atom. The molecule has 17 heavy (non-hydrogen) atoms. The number of aliphatic carboxylic acids is 1. The number of nitrogens with one attached hydrogen (secondary N) is 1. The minimum atomic E-state index is -0.740. The van der Waals surface area contributed by atoms with E-state index in [2.05, 4.69) is 5.32 Å². The zero-order valence-electron chi connectivity index (χ0n) is 9.38. The summed E-state index contributed by atoms with van der Waals surface area (Å²) in [7, 11) is 0. The molecule has 0 fully saturated rings. The summed E-state index contributed by atoms with van der Waals surface area (Å²) in [6.45, 7) is 0.764. The lowest BCUT2D eigenvalue weighted by Gasteiger charge is -2.08. The highest BCUT2D eigenvalue weighted by molar-refractivity contribution is 6.35. The average Bonchev–Trinajstić information content (AvgIpc) is 2.27. The van der Waals surface area contributed by atoms with Gasteiger partial charge in [-0.3, -0.25) is 4.79 Å². The SMILES string of the molecule is O=C(O)CCCCCNc1cc(Cl)ccc1Cl. The fourth-order valence-electron chi connectivity index (χ4n) is 1.43. The molecule has 0 bridgehead atoms. The molecule has 0 radical (unpaired) electrons. The van der Waals surface area contributed by atoms with Crippen molar-refractivity contribution in [1.29, 1.82) is 0 Å². The molecule has 2 N–H and O–H groups in total. The van der Waals surface area contributed by atoms with E-state index in [9.17, 15) is 4.79 Å². The van der Waals surface area contributed by atoms with Gasteiger partial charge in [-0.1, -0.05) is 29.6 Å². The molecule has 1 aromatic carbocycles. The van der Waals surface area contributed by atoms with E-state index in [0.717, 1.165) is 25.1 Å². The Morgan fingerprint density at radius 2 is 2.00 bits per heavy atom. The van der Waals surface area contributed by atoms with Gasteiger partial charge in [-0.2, -0.15) is 0 Å². The molecular formula is C12H15Cl2NO2. The maximum Gasteiger partial charge on any atom is 0.303 e. The monoisotopic (exact) mass is 275 g/mol. The minimum absolute atomic E-state index is 0.234. The topological polar surface area (TPSA) is 49.3 Å². The van der Waals surface area contributed by atoms with E-state index < -0.39 is 5.97 Å². The first kappa shape index (κ1) is 14.1. The normalized spacial score (nSPS) is 10.2. The van der Waals surface area contributed by atoms with Gasteiger partial charge in [0.1, 0.15) is 0 Å². The molecule has 5 heteroatoms. The standard InChI is InChI=1S/C12H15Cl2NO2/c13-9-5-6-10(14)11(8-9)15-7-3-1-2-4-12(16)17/h5-6,8,15H,1-4,7H2,(H,16,17). The van der Waals surface area contributed by atoms with Gasteiger partial charge in [0.05, 0.1) is 10.7 Å². The van der Waals surface area contributed by atoms with Crippen LogP contribution in [0.5, 0.6) is 0 Å². The van der Waals surface area contributed by atoms with E-state index in [1.54, 1.807) is 18.2 Å². The van der Waals surface area contributed by atoms with Crippen LogP contribution in [0.1, 0.15) is 25.7 Å². The van der Waals surface area contributed by atoms with Crippen molar-refractivity contribution in [2.45, 2.75) is 25.7 Å². The first-order valence-corrected chi connectivity index (χ1v) is 6.26. The highest BCUT2D eigenvalue weighted by Crippen LogP contribution is 2.25. The number of halogens is 2. The van der Waals surface area contributed by atoms with Gasteiger partial charge in [-0.15, -0.1) is 0 Å². The second-order valence-electron chi connectivity index (χ2n) is 3.76. The van der Waals surface area contributed by atoms with Gasteiger partial charge in [-0.25, -0.2) is 0 Å². The van der Waals surface area contributed by atoms with Crippen LogP contribution in [0, 0.1) is 0 Å². The van der Waals surface area contributed by atoms with Crippen molar-refractivity contribution in [2.24, 2.45) is 0 Å². The van der Waals surface area contributed by atoms with Gasteiger partial charge in [0.15, 0.2) is 0 Å². The third-order valence-corrected chi connectivity index (χ3v) is 2.88. The number of benzene rings is 1. The molecule has 3 nitrogen and oxygen atoms in total. The number of unbranched alkanes of at least 4 members (excludes halogenated alkanes) is 2. The molecule has 0 saturated heterocycles. The fraction of sp³-hybridized carbons (Fsp3) is 0.417. The van der Waals surface area contributed by atoms with Crippen molar-refractivity contribution >= 4 is 34.9 Å². The van der Waals surface area contributed by atoms with Crippen LogP contribution in [0.25, 0.3) is 0 Å². The molecular weight excluding hydrogens is 261 g/mol. The van der Waals surface area contributed by atoms with Crippen molar-refractivity contribution in [3.8, 4) is 0 Å². The Hall–Kier alpha value is -0.930. The summed E-state index contributed by atoms with van der Waals surface area (Å²) in [5.41, 5.74) is 0.817. The van der Waals surface area contributed by atoms with Crippen LogP contribution in [0.15, 0.2) is 18.2 Å². The number of carbonyl (C=O) groups is 1. The highest BCUT2D eigenvalue weighted by atomic mass is 35.5. The summed E-state index contributed by atoms with van der Waals surface area (Å²) in [6.07, 6.45) is 2.74. The zero-order valence-corrected chi connectivity index (χ0v) is 10.9. The number of hydrogen-bond acceptors (Lipinski definition) is 2. The van der Waals surface area contributed by atoms with Crippen molar-refractivity contribution in [3.05, 3.63) is 28.2 Å². The highest BCUT2D eigenvalue weighted by Gasteiger charge is 2.00. The lowest BCUT2D eigenvalue weighted by molar-refractivity contribution is -0.137. The van der Waals surface area contributed by atoms with Crippen molar-refractivity contribution < 1.29 is 9.90 Å². The fourth-order valence-corrected chi connectivity index (χ4v) is 1.79. The molecule has 0 aliphatic carbocycles. The molecule has 0 aromatic heterocycles. The Bertz CT molecular complexity index is 383. The Balaban J connectivity index is 2.22. The van der Waals surface area contributed by atoms with Crippen LogP contribution >= 0.6 is 23.2 Å². The first-order chi connectivity index (χ1) is 8.09. The van der Waals surface area contributed by atoms with Gasteiger partial charge in [-0.05, 0) is 31.0 Å². The molecule has 94 valence electrons. The van der Waals surface area contributed by atoms with Crippen LogP contribution in [0.4, 0.5) is 5.69 Å². The van der Waals surface area contributed by atoms with Crippen molar-refractivity contribution in [2.75, 3.05) is 11.9 Å². The van der Waals surface area contributed by atoms with Gasteiger partial charge >= 0.3 is 5.97 Å². The molecule has 1 rings (SSSR count). The predicted octanol–water partition coefficient (Wildman–Crippen LogP) is 4.05. The van der Waals surface area contributed by atoms with Gasteiger partial charge in [0.2, 0.25) is 0 Å². The summed E-state index contributed by atoms with van der Waals surface area (Å²) >= 11 is 11.8. The number of hydrogen-bond donors (Lipinski definition) is 2. The van der Waals surface area contributed by atoms with Gasteiger partial charge in [0, 0.05) is 18.0 Å². The van der Waals surface area contributed by atoms with Crippen LogP contribution in [0.2, 0.25) is 10.0 Å². The Labute approximate surface area is 111 Å². The van der Waals surface area contributed by atoms with Crippen molar-refractivity contribution in [1.82, 2.24) is 0 Å². The second-order valence-corrected chi connectivity index (χ2v) is 4.60. The van der Waals surface area contributed by atoms with Crippen molar-refractivity contribution in [3.63, 3.8) is 0 Å². The maximum atomic E-state index is 10.3. The van der Waals surface area contributed by atoms with E-state index in [1.807, 2.05) is 0 Å². The van der Waals surface area contributed by atoms with Crippen LogP contribution in [0.3, 0.4) is 0 Å². The minimum Gasteiger partial charge on any atom is -0.481 e. The summed E-state index contributed by atoms with van der Waals surface area (Å²) in [5, 5.41) is 12.9. The summed E-state index contributed by atoms with van der Waals surface area (Å²) < 4.78 is 0. The molecule has 0 spiro atoms. The van der Waals surface area contributed by atoms with Crippen LogP contribution in [-0.4, -0.2) is 17.6 Å². The molecule has 1 aromatic rings. The number of carboxylic acids is 1. The van der Waals surface area contributed by atoms with E-state index in [4.69, 9.17) is 28.3 Å². The van der Waals surface area contributed by atoms with Crippen LogP contribution in [-0.2, 0) is 4.79 Å². The quantitative estimate of drug-likeness (QED) is 0.738. The van der Waals surface area contributed by atoms with E-state index in [1.165, 1.54) is 0 Å². The van der Waals surface area contributed by atoms with E-state index in [-0.39, 0.29) is 6.42 Å². The number of carboxylic acid groups (broad SMARTS) is 1. The molecule has 0 amide bonds. The molecule has 0 unspecified atom stereocenters. The predicted molar refractivity (Wildman–Crippen MR) is 71.1 cm³/mol. The maximum absolute atomic E-state index is 10.3. The van der Waals surface area contributed by atoms with E-state index >= 15 is 0 Å². The lowest BCUT2D eigenvalue weighted by atomic mass is 10.2. The lowest BCUT2D eigenvalue weighted by Crippen LogP contribution is -2.02. The number of rotatable bonds is 7. The summed E-state index contributed by atoms with van der Waals surface area (Å²) in [5.74, 6) is -0.740. The zero-order chi connectivity index (χ0) is 12.7. The molecule has 0 heterocycles. The Morgan fingerprint density at radius 3 is 2.71 bits per heavy atom. The van der Waals surface area contributed by atoms with Gasteiger partial charge in [0.25, 0.3) is 0 Å². The second kappa shape index (κ2) is 7.41. The van der Waals surface area contributed by atoms with Crippen LogP contribution < -0.4 is 5.32 Å². The number of anilines is 1. The van der Waals surface area contributed by atoms with Gasteiger partial charge < -0.3 is 10.4 Å². The summed E-state index contributed by atoms with van der Waals surface area (Å²) in [6, 6.07) is 5.26. The molecule has 0 saturated carbocycles. The third kappa shape index (κ3) is 5.80. The summed E-state index contributed by atoms with van der Waals surface area (Å²) in [4.78, 5) is 10.3. The Kier molecular flexibility index (Phi) is 6.16. The smallest absolute Gasteiger partial charge is 0.303 e. The first-order valence-electron chi connectivity index (χ1n) is 5.50. The molecule has 0 aliphatic heterocycles. The molecule has 0 atom stereocenters.